The highest BCUT2D eigenvalue weighted by Crippen LogP contribution is 2.22. The van der Waals surface area contributed by atoms with Gasteiger partial charge in [0.25, 0.3) is 0 Å². The first-order valence-corrected chi connectivity index (χ1v) is 7.92. The van der Waals surface area contributed by atoms with Gasteiger partial charge in [-0.25, -0.2) is 0 Å². The van der Waals surface area contributed by atoms with Crippen LogP contribution < -0.4 is 0 Å². The van der Waals surface area contributed by atoms with Crippen molar-refractivity contribution in [2.75, 3.05) is 0 Å². The van der Waals surface area contributed by atoms with E-state index >= 15 is 0 Å². The molecule has 1 atom stereocenters. The summed E-state index contributed by atoms with van der Waals surface area (Å²) in [6, 6.07) is 0. The molecular formula is C16H32O2. The van der Waals surface area contributed by atoms with Gasteiger partial charge < -0.3 is 5.11 Å². The van der Waals surface area contributed by atoms with Gasteiger partial charge in [-0.15, -0.1) is 0 Å². The molecule has 0 bridgehead atoms. The van der Waals surface area contributed by atoms with Crippen molar-refractivity contribution in [3.63, 3.8) is 0 Å². The number of carboxylic acids is 1. The number of hydrogen-bond donors (Lipinski definition) is 1. The Morgan fingerprint density at radius 1 is 0.833 bits per heavy atom. The van der Waals surface area contributed by atoms with Crippen LogP contribution in [0.2, 0.25) is 0 Å². The molecule has 0 fully saturated rings. The Hall–Kier alpha value is -0.530. The van der Waals surface area contributed by atoms with E-state index < -0.39 is 5.97 Å². The maximum atomic E-state index is 10.5. The second kappa shape index (κ2) is 12.9. The molecule has 18 heavy (non-hydrogen) atoms. The quantitative estimate of drug-likeness (QED) is 0.447. The Kier molecular flexibility index (Phi) is 12.5. The molecule has 1 unspecified atom stereocenters. The fraction of sp³-hybridized carbons (Fsp3) is 0.938. The molecule has 0 amide bonds. The van der Waals surface area contributed by atoms with Crippen LogP contribution in [0, 0.1) is 5.92 Å². The summed E-state index contributed by atoms with van der Waals surface area (Å²) in [6.07, 6.45) is 14.2. The van der Waals surface area contributed by atoms with Crippen molar-refractivity contribution < 1.29 is 9.90 Å². The van der Waals surface area contributed by atoms with E-state index in [1.165, 1.54) is 57.8 Å². The van der Waals surface area contributed by atoms with Gasteiger partial charge in [0, 0.05) is 6.42 Å². The molecule has 0 saturated heterocycles. The number of unbranched alkanes of at least 4 members (excludes halogenated alkanes) is 5. The van der Waals surface area contributed by atoms with E-state index in [0.717, 1.165) is 18.8 Å². The maximum Gasteiger partial charge on any atom is 0.303 e. The SMILES string of the molecule is CCCCCCCC(CCCC)CCCC(=O)O. The molecule has 2 nitrogen and oxygen atoms in total. The molecule has 0 aliphatic carbocycles. The van der Waals surface area contributed by atoms with E-state index in [4.69, 9.17) is 5.11 Å². The minimum atomic E-state index is -0.646. The summed E-state index contributed by atoms with van der Waals surface area (Å²) in [7, 11) is 0. The van der Waals surface area contributed by atoms with Gasteiger partial charge in [0.2, 0.25) is 0 Å². The molecule has 0 spiro atoms. The minimum absolute atomic E-state index is 0.346. The summed E-state index contributed by atoms with van der Waals surface area (Å²) >= 11 is 0. The topological polar surface area (TPSA) is 37.3 Å². The molecule has 0 aliphatic rings. The zero-order valence-corrected chi connectivity index (χ0v) is 12.4. The van der Waals surface area contributed by atoms with Gasteiger partial charge in [0.05, 0.1) is 0 Å². The summed E-state index contributed by atoms with van der Waals surface area (Å²) < 4.78 is 0. The number of carbonyl (C=O) groups is 1. The first-order chi connectivity index (χ1) is 8.70. The van der Waals surface area contributed by atoms with Gasteiger partial charge >= 0.3 is 5.97 Å². The van der Waals surface area contributed by atoms with Crippen LogP contribution in [-0.4, -0.2) is 11.1 Å². The van der Waals surface area contributed by atoms with Crippen LogP contribution >= 0.6 is 0 Å². The molecule has 1 N–H and O–H groups in total. The molecule has 0 heterocycles. The molecule has 108 valence electrons. The van der Waals surface area contributed by atoms with Crippen molar-refractivity contribution >= 4 is 5.97 Å². The van der Waals surface area contributed by atoms with Gasteiger partial charge in [-0.05, 0) is 18.8 Å². The van der Waals surface area contributed by atoms with Gasteiger partial charge in [-0.3, -0.25) is 4.79 Å². The molecule has 0 aromatic carbocycles. The summed E-state index contributed by atoms with van der Waals surface area (Å²) in [4.78, 5) is 10.5. The van der Waals surface area contributed by atoms with Crippen molar-refractivity contribution in [2.24, 2.45) is 5.92 Å². The second-order valence-electron chi connectivity index (χ2n) is 5.50. The Morgan fingerprint density at radius 2 is 1.39 bits per heavy atom. The summed E-state index contributed by atoms with van der Waals surface area (Å²) in [5.74, 6) is 0.123. The molecular weight excluding hydrogens is 224 g/mol. The number of hydrogen-bond acceptors (Lipinski definition) is 1. The standard InChI is InChI=1S/C16H32O2/c1-3-5-7-8-9-12-15(11-6-4-2)13-10-14-16(17)18/h15H,3-14H2,1-2H3,(H,17,18). The molecule has 2 heteroatoms. The van der Waals surface area contributed by atoms with Crippen molar-refractivity contribution in [1.82, 2.24) is 0 Å². The van der Waals surface area contributed by atoms with Crippen molar-refractivity contribution in [3.8, 4) is 0 Å². The van der Waals surface area contributed by atoms with Crippen LogP contribution in [0.15, 0.2) is 0 Å². The highest BCUT2D eigenvalue weighted by molar-refractivity contribution is 5.66. The Balaban J connectivity index is 3.65. The molecule has 0 saturated carbocycles. The van der Waals surface area contributed by atoms with Crippen LogP contribution in [0.25, 0.3) is 0 Å². The summed E-state index contributed by atoms with van der Waals surface area (Å²) in [6.45, 7) is 4.48. The first-order valence-electron chi connectivity index (χ1n) is 7.92. The Morgan fingerprint density at radius 3 is 2.00 bits per heavy atom. The zero-order chi connectivity index (χ0) is 13.6. The third-order valence-electron chi connectivity index (χ3n) is 3.68. The van der Waals surface area contributed by atoms with Gasteiger partial charge in [0.15, 0.2) is 0 Å². The van der Waals surface area contributed by atoms with E-state index in [1.807, 2.05) is 0 Å². The third-order valence-corrected chi connectivity index (χ3v) is 3.68. The third kappa shape index (κ3) is 11.9. The van der Waals surface area contributed by atoms with Gasteiger partial charge in [0.1, 0.15) is 0 Å². The predicted molar refractivity (Wildman–Crippen MR) is 77.9 cm³/mol. The fourth-order valence-electron chi connectivity index (χ4n) is 2.50. The van der Waals surface area contributed by atoms with Crippen LogP contribution in [0.5, 0.6) is 0 Å². The summed E-state index contributed by atoms with van der Waals surface area (Å²) in [5, 5.41) is 8.68. The van der Waals surface area contributed by atoms with E-state index in [1.54, 1.807) is 0 Å². The van der Waals surface area contributed by atoms with Crippen molar-refractivity contribution in [1.29, 1.82) is 0 Å². The Labute approximate surface area is 113 Å². The zero-order valence-electron chi connectivity index (χ0n) is 12.4. The minimum Gasteiger partial charge on any atom is -0.481 e. The lowest BCUT2D eigenvalue weighted by atomic mass is 9.90. The normalized spacial score (nSPS) is 12.6. The van der Waals surface area contributed by atoms with Crippen LogP contribution in [0.3, 0.4) is 0 Å². The molecule has 0 aromatic rings. The van der Waals surface area contributed by atoms with Gasteiger partial charge in [-0.1, -0.05) is 71.6 Å². The fourth-order valence-corrected chi connectivity index (χ4v) is 2.50. The monoisotopic (exact) mass is 256 g/mol. The average molecular weight is 256 g/mol. The molecule has 0 radical (unpaired) electrons. The van der Waals surface area contributed by atoms with E-state index in [9.17, 15) is 4.79 Å². The number of aliphatic carboxylic acids is 1. The smallest absolute Gasteiger partial charge is 0.303 e. The summed E-state index contributed by atoms with van der Waals surface area (Å²) in [5.41, 5.74) is 0. The largest absolute Gasteiger partial charge is 0.481 e. The van der Waals surface area contributed by atoms with Crippen LogP contribution in [0.1, 0.15) is 90.9 Å². The van der Waals surface area contributed by atoms with Gasteiger partial charge in [-0.2, -0.15) is 0 Å². The molecule has 0 aliphatic heterocycles. The highest BCUT2D eigenvalue weighted by Gasteiger charge is 2.09. The Bertz CT molecular complexity index is 190. The lowest BCUT2D eigenvalue weighted by Crippen LogP contribution is -2.03. The highest BCUT2D eigenvalue weighted by atomic mass is 16.4. The predicted octanol–water partition coefficient (Wildman–Crippen LogP) is 5.41. The van der Waals surface area contributed by atoms with Crippen molar-refractivity contribution in [2.45, 2.75) is 90.9 Å². The van der Waals surface area contributed by atoms with Crippen LogP contribution in [-0.2, 0) is 4.79 Å². The first kappa shape index (κ1) is 17.5. The molecule has 0 aromatic heterocycles. The van der Waals surface area contributed by atoms with E-state index in [0.29, 0.717) is 6.42 Å². The average Bonchev–Trinajstić information content (AvgIpc) is 2.34. The molecule has 0 rings (SSSR count). The lowest BCUT2D eigenvalue weighted by Gasteiger charge is -2.16. The van der Waals surface area contributed by atoms with E-state index in [2.05, 4.69) is 13.8 Å². The van der Waals surface area contributed by atoms with E-state index in [-0.39, 0.29) is 0 Å². The van der Waals surface area contributed by atoms with Crippen molar-refractivity contribution in [3.05, 3.63) is 0 Å². The number of rotatable bonds is 13. The lowest BCUT2D eigenvalue weighted by molar-refractivity contribution is -0.137. The van der Waals surface area contributed by atoms with Crippen LogP contribution in [0.4, 0.5) is 0 Å². The second-order valence-corrected chi connectivity index (χ2v) is 5.50. The maximum absolute atomic E-state index is 10.5. The number of carboxylic acid groups (broad SMARTS) is 1.